The number of amides is 1. The van der Waals surface area contributed by atoms with Gasteiger partial charge in [-0.2, -0.15) is 0 Å². The van der Waals surface area contributed by atoms with E-state index in [9.17, 15) is 9.59 Å². The molecule has 1 amide bonds. The second-order valence-electron chi connectivity index (χ2n) is 4.07. The van der Waals surface area contributed by atoms with E-state index in [-0.39, 0.29) is 5.91 Å². The van der Waals surface area contributed by atoms with Crippen LogP contribution in [0.4, 0.5) is 5.69 Å². The summed E-state index contributed by atoms with van der Waals surface area (Å²) >= 11 is 0. The molecule has 1 aromatic carbocycles. The molecule has 0 radical (unpaired) electrons. The highest BCUT2D eigenvalue weighted by atomic mass is 16.2. The summed E-state index contributed by atoms with van der Waals surface area (Å²) in [4.78, 5) is 24.2. The molecule has 0 aliphatic carbocycles. The maximum absolute atomic E-state index is 11.8. The standard InChI is InChI=1S/C13H15NO2/c15-10-11-5-7-12(8-6-11)14-9-3-1-2-4-13(14)16/h5-8,10H,1-4,9H2. The van der Waals surface area contributed by atoms with E-state index in [0.29, 0.717) is 12.0 Å². The number of carbonyl (C=O) groups excluding carboxylic acids is 2. The van der Waals surface area contributed by atoms with E-state index in [1.807, 2.05) is 17.0 Å². The summed E-state index contributed by atoms with van der Waals surface area (Å²) in [7, 11) is 0. The maximum Gasteiger partial charge on any atom is 0.226 e. The lowest BCUT2D eigenvalue weighted by Crippen LogP contribution is -2.29. The Morgan fingerprint density at radius 3 is 2.50 bits per heavy atom. The third kappa shape index (κ3) is 2.30. The van der Waals surface area contributed by atoms with Crippen LogP contribution >= 0.6 is 0 Å². The van der Waals surface area contributed by atoms with Crippen molar-refractivity contribution in [2.45, 2.75) is 25.7 Å². The minimum Gasteiger partial charge on any atom is -0.312 e. The molecule has 1 saturated heterocycles. The molecule has 1 aromatic rings. The van der Waals surface area contributed by atoms with Crippen LogP contribution in [0.5, 0.6) is 0 Å². The van der Waals surface area contributed by atoms with E-state index < -0.39 is 0 Å². The molecule has 1 fully saturated rings. The van der Waals surface area contributed by atoms with Gasteiger partial charge in [0.25, 0.3) is 0 Å². The molecule has 3 heteroatoms. The van der Waals surface area contributed by atoms with Gasteiger partial charge in [0, 0.05) is 24.2 Å². The molecule has 84 valence electrons. The Morgan fingerprint density at radius 2 is 1.81 bits per heavy atom. The van der Waals surface area contributed by atoms with Crippen LogP contribution in [0.3, 0.4) is 0 Å². The predicted octanol–water partition coefficient (Wildman–Crippen LogP) is 2.41. The topological polar surface area (TPSA) is 37.4 Å². The first kappa shape index (κ1) is 10.9. The van der Waals surface area contributed by atoms with Gasteiger partial charge in [-0.15, -0.1) is 0 Å². The first-order chi connectivity index (χ1) is 7.81. The fraction of sp³-hybridized carbons (Fsp3) is 0.385. The zero-order valence-electron chi connectivity index (χ0n) is 9.19. The van der Waals surface area contributed by atoms with Crippen LogP contribution in [0.1, 0.15) is 36.0 Å². The molecular weight excluding hydrogens is 202 g/mol. The van der Waals surface area contributed by atoms with Gasteiger partial charge < -0.3 is 4.90 Å². The zero-order chi connectivity index (χ0) is 11.4. The number of hydrogen-bond acceptors (Lipinski definition) is 2. The third-order valence-corrected chi connectivity index (χ3v) is 2.91. The number of rotatable bonds is 2. The second kappa shape index (κ2) is 4.92. The molecular formula is C13H15NO2. The van der Waals surface area contributed by atoms with Crippen LogP contribution in [0.25, 0.3) is 0 Å². The minimum atomic E-state index is 0.191. The lowest BCUT2D eigenvalue weighted by atomic mass is 10.2. The van der Waals surface area contributed by atoms with Crippen LogP contribution in [-0.4, -0.2) is 18.7 Å². The molecule has 0 aromatic heterocycles. The van der Waals surface area contributed by atoms with Gasteiger partial charge in [0.1, 0.15) is 6.29 Å². The van der Waals surface area contributed by atoms with E-state index in [4.69, 9.17) is 0 Å². The fourth-order valence-electron chi connectivity index (χ4n) is 1.99. The normalized spacial score (nSPS) is 17.0. The minimum absolute atomic E-state index is 0.191. The molecule has 0 saturated carbocycles. The first-order valence-corrected chi connectivity index (χ1v) is 5.67. The third-order valence-electron chi connectivity index (χ3n) is 2.91. The fourth-order valence-corrected chi connectivity index (χ4v) is 1.99. The molecule has 0 spiro atoms. The summed E-state index contributed by atoms with van der Waals surface area (Å²) in [6, 6.07) is 7.18. The van der Waals surface area contributed by atoms with Crippen LogP contribution in [0, 0.1) is 0 Å². The first-order valence-electron chi connectivity index (χ1n) is 5.67. The van der Waals surface area contributed by atoms with Gasteiger partial charge >= 0.3 is 0 Å². The summed E-state index contributed by atoms with van der Waals surface area (Å²) in [5, 5.41) is 0. The summed E-state index contributed by atoms with van der Waals surface area (Å²) in [6.07, 6.45) is 4.61. The summed E-state index contributed by atoms with van der Waals surface area (Å²) in [6.45, 7) is 0.791. The lowest BCUT2D eigenvalue weighted by Gasteiger charge is -2.20. The van der Waals surface area contributed by atoms with Crippen molar-refractivity contribution in [2.75, 3.05) is 11.4 Å². The van der Waals surface area contributed by atoms with Crippen LogP contribution in [-0.2, 0) is 4.79 Å². The predicted molar refractivity (Wildman–Crippen MR) is 62.7 cm³/mol. The summed E-state index contributed by atoms with van der Waals surface area (Å²) in [5.41, 5.74) is 1.54. The van der Waals surface area contributed by atoms with Crippen molar-refractivity contribution < 1.29 is 9.59 Å². The van der Waals surface area contributed by atoms with Crippen LogP contribution in [0.2, 0.25) is 0 Å². The van der Waals surface area contributed by atoms with Crippen molar-refractivity contribution in [3.05, 3.63) is 29.8 Å². The highest BCUT2D eigenvalue weighted by Crippen LogP contribution is 2.20. The Labute approximate surface area is 95.1 Å². The molecule has 3 nitrogen and oxygen atoms in total. The van der Waals surface area contributed by atoms with Gasteiger partial charge in [-0.3, -0.25) is 9.59 Å². The van der Waals surface area contributed by atoms with Gasteiger partial charge in [-0.25, -0.2) is 0 Å². The molecule has 0 atom stereocenters. The summed E-state index contributed by atoms with van der Waals surface area (Å²) < 4.78 is 0. The Kier molecular flexibility index (Phi) is 3.34. The quantitative estimate of drug-likeness (QED) is 0.713. The van der Waals surface area contributed by atoms with Crippen molar-refractivity contribution in [1.82, 2.24) is 0 Å². The van der Waals surface area contributed by atoms with Crippen LogP contribution in [0.15, 0.2) is 24.3 Å². The average Bonchev–Trinajstić information content (AvgIpc) is 2.54. The van der Waals surface area contributed by atoms with Crippen molar-refractivity contribution in [3.63, 3.8) is 0 Å². The van der Waals surface area contributed by atoms with Crippen molar-refractivity contribution in [2.24, 2.45) is 0 Å². The molecule has 16 heavy (non-hydrogen) atoms. The summed E-state index contributed by atoms with van der Waals surface area (Å²) in [5.74, 6) is 0.191. The second-order valence-corrected chi connectivity index (χ2v) is 4.07. The maximum atomic E-state index is 11.8. The molecule has 1 aliphatic heterocycles. The van der Waals surface area contributed by atoms with E-state index >= 15 is 0 Å². The van der Waals surface area contributed by atoms with Gasteiger partial charge in [0.2, 0.25) is 5.91 Å². The molecule has 2 rings (SSSR count). The number of nitrogens with zero attached hydrogens (tertiary/aromatic N) is 1. The number of anilines is 1. The Balaban J connectivity index is 2.20. The van der Waals surface area contributed by atoms with E-state index in [2.05, 4.69) is 0 Å². The van der Waals surface area contributed by atoms with E-state index in [0.717, 1.165) is 37.8 Å². The van der Waals surface area contributed by atoms with Gasteiger partial charge in [0.15, 0.2) is 0 Å². The largest absolute Gasteiger partial charge is 0.312 e. The van der Waals surface area contributed by atoms with Crippen LogP contribution < -0.4 is 4.90 Å². The highest BCUT2D eigenvalue weighted by molar-refractivity contribution is 5.93. The molecule has 0 N–H and O–H groups in total. The van der Waals surface area contributed by atoms with Crippen molar-refractivity contribution in [3.8, 4) is 0 Å². The average molecular weight is 217 g/mol. The molecule has 0 unspecified atom stereocenters. The molecule has 0 bridgehead atoms. The number of hydrogen-bond donors (Lipinski definition) is 0. The molecule has 1 aliphatic rings. The number of aldehydes is 1. The smallest absolute Gasteiger partial charge is 0.226 e. The van der Waals surface area contributed by atoms with Gasteiger partial charge in [-0.1, -0.05) is 6.42 Å². The monoisotopic (exact) mass is 217 g/mol. The lowest BCUT2D eigenvalue weighted by molar-refractivity contribution is -0.118. The van der Waals surface area contributed by atoms with Crippen molar-refractivity contribution in [1.29, 1.82) is 0 Å². The number of carbonyl (C=O) groups is 2. The SMILES string of the molecule is O=Cc1ccc(N2CCCCCC2=O)cc1. The molecule has 1 heterocycles. The Hall–Kier alpha value is -1.64. The van der Waals surface area contributed by atoms with Crippen molar-refractivity contribution >= 4 is 17.9 Å². The van der Waals surface area contributed by atoms with Gasteiger partial charge in [0.05, 0.1) is 0 Å². The van der Waals surface area contributed by atoms with E-state index in [1.54, 1.807) is 12.1 Å². The number of benzene rings is 1. The van der Waals surface area contributed by atoms with Gasteiger partial charge in [-0.05, 0) is 37.1 Å². The Bertz CT molecular complexity index is 383. The highest BCUT2D eigenvalue weighted by Gasteiger charge is 2.17. The zero-order valence-corrected chi connectivity index (χ0v) is 9.19. The van der Waals surface area contributed by atoms with E-state index in [1.165, 1.54) is 0 Å². The Morgan fingerprint density at radius 1 is 1.06 bits per heavy atom.